The van der Waals surface area contributed by atoms with Crippen LogP contribution in [0.4, 0.5) is 0 Å². The Morgan fingerprint density at radius 2 is 1.38 bits per heavy atom. The molecule has 1 N–H and O–H groups in total. The zero-order chi connectivity index (χ0) is 32.2. The van der Waals surface area contributed by atoms with Crippen molar-refractivity contribution in [3.8, 4) is 34.3 Å². The molecule has 0 aliphatic carbocycles. The molecular formula is C40H39BIrNO4-. The summed E-state index contributed by atoms with van der Waals surface area (Å²) in [6.45, 7) is 8.12. The first-order valence-corrected chi connectivity index (χ1v) is 16.4. The Kier molecular flexibility index (Phi) is 11.0. The quantitative estimate of drug-likeness (QED) is 0.0726. The first-order chi connectivity index (χ1) is 22.5. The molecule has 7 rings (SSSR count). The van der Waals surface area contributed by atoms with Crippen molar-refractivity contribution in [2.24, 2.45) is 11.8 Å². The van der Waals surface area contributed by atoms with Gasteiger partial charge in [-0.3, -0.25) is 4.79 Å². The van der Waals surface area contributed by atoms with Crippen molar-refractivity contribution >= 4 is 39.7 Å². The molecule has 7 heteroatoms. The Morgan fingerprint density at radius 1 is 0.809 bits per heavy atom. The van der Waals surface area contributed by atoms with Gasteiger partial charge in [0.05, 0.1) is 5.76 Å². The summed E-state index contributed by atoms with van der Waals surface area (Å²) in [6.07, 6.45) is 6.81. The predicted octanol–water partition coefficient (Wildman–Crippen LogP) is 8.30. The molecule has 0 fully saturated rings. The van der Waals surface area contributed by atoms with E-state index in [0.717, 1.165) is 87.1 Å². The second-order valence-corrected chi connectivity index (χ2v) is 11.9. The number of ketones is 1. The van der Waals surface area contributed by atoms with Crippen LogP contribution in [-0.4, -0.2) is 22.6 Å². The van der Waals surface area contributed by atoms with Crippen LogP contribution in [-0.2, 0) is 24.9 Å². The standard InChI is InChI=1S/C27H15BNO2.C13H24O2.Ir/c1-2-8-18-16-29-22(15-17(18)7-1)19-13-14-25-26-27(19)31-24-12-6-4-10-21(24)28(26)20-9-3-5-11-23(20)30-25;1-5-10(6-2)12(14)9-13(15)11(7-3)8-4;/h1-12,14-16H;9-11,14H,5-8H2,1-4H3;/q-1;;/b;12-9-;. The van der Waals surface area contributed by atoms with Gasteiger partial charge in [0.25, 0.3) is 0 Å². The van der Waals surface area contributed by atoms with E-state index in [-0.39, 0.29) is 50.2 Å². The number of pyridine rings is 1. The molecule has 0 saturated carbocycles. The van der Waals surface area contributed by atoms with Gasteiger partial charge in [-0.15, -0.1) is 12.1 Å². The van der Waals surface area contributed by atoms with Gasteiger partial charge in [-0.2, -0.15) is 0 Å². The van der Waals surface area contributed by atoms with Crippen molar-refractivity contribution in [2.75, 3.05) is 0 Å². The van der Waals surface area contributed by atoms with Crippen LogP contribution in [0, 0.1) is 17.9 Å². The number of carbonyl (C=O) groups excluding carboxylic acids is 1. The molecule has 47 heavy (non-hydrogen) atoms. The molecule has 4 aromatic carbocycles. The topological polar surface area (TPSA) is 68.7 Å². The number of ether oxygens (including phenoxy) is 2. The molecule has 1 aromatic heterocycles. The molecule has 2 aliphatic rings. The van der Waals surface area contributed by atoms with E-state index in [0.29, 0.717) is 0 Å². The average molecular weight is 801 g/mol. The molecule has 5 aromatic rings. The molecule has 3 heterocycles. The molecule has 241 valence electrons. The number of rotatable bonds is 8. The van der Waals surface area contributed by atoms with Crippen LogP contribution in [0.25, 0.3) is 22.0 Å². The predicted molar refractivity (Wildman–Crippen MR) is 188 cm³/mol. The first kappa shape index (κ1) is 34.2. The SMILES string of the molecule is CCC(CC)C(=O)/C=C(\O)C(CC)CC.[Ir].[c-]1cc2c3c(c1-c1cc4ccccc4cn1)Oc1ccccc1B3c1ccccc1O2. The van der Waals surface area contributed by atoms with Gasteiger partial charge in [-0.1, -0.05) is 105 Å². The molecule has 2 aliphatic heterocycles. The van der Waals surface area contributed by atoms with Gasteiger partial charge in [0.1, 0.15) is 11.5 Å². The number of aliphatic hydroxyl groups is 1. The smallest absolute Gasteiger partial charge is 0.239 e. The van der Waals surface area contributed by atoms with Crippen molar-refractivity contribution in [2.45, 2.75) is 53.4 Å². The van der Waals surface area contributed by atoms with Gasteiger partial charge in [0, 0.05) is 55.7 Å². The maximum Gasteiger partial charge on any atom is 0.239 e. The Labute approximate surface area is 291 Å². The van der Waals surface area contributed by atoms with E-state index in [4.69, 9.17) is 14.5 Å². The summed E-state index contributed by atoms with van der Waals surface area (Å²) >= 11 is 0. The summed E-state index contributed by atoms with van der Waals surface area (Å²) < 4.78 is 12.8. The third kappa shape index (κ3) is 6.79. The van der Waals surface area contributed by atoms with Gasteiger partial charge in [0.15, 0.2) is 5.78 Å². The van der Waals surface area contributed by atoms with E-state index in [1.807, 2.05) is 76.4 Å². The minimum Gasteiger partial charge on any atom is -0.512 e. The summed E-state index contributed by atoms with van der Waals surface area (Å²) in [4.78, 5) is 16.4. The molecule has 0 unspecified atom stereocenters. The van der Waals surface area contributed by atoms with E-state index in [1.165, 1.54) is 6.08 Å². The Morgan fingerprint density at radius 3 is 2.02 bits per heavy atom. The monoisotopic (exact) mass is 801 g/mol. The minimum absolute atomic E-state index is 0. The molecule has 0 saturated heterocycles. The Balaban J connectivity index is 0.000000234. The van der Waals surface area contributed by atoms with Crippen LogP contribution >= 0.6 is 0 Å². The molecule has 0 amide bonds. The number of hydrogen-bond acceptors (Lipinski definition) is 5. The fourth-order valence-corrected chi connectivity index (χ4v) is 6.51. The maximum absolute atomic E-state index is 11.7. The van der Waals surface area contributed by atoms with E-state index < -0.39 is 0 Å². The molecule has 0 spiro atoms. The van der Waals surface area contributed by atoms with Gasteiger partial charge in [0.2, 0.25) is 6.71 Å². The van der Waals surface area contributed by atoms with Gasteiger partial charge < -0.3 is 19.6 Å². The van der Waals surface area contributed by atoms with Crippen molar-refractivity contribution < 1.29 is 39.5 Å². The maximum atomic E-state index is 11.7. The second-order valence-electron chi connectivity index (χ2n) is 11.9. The van der Waals surface area contributed by atoms with Crippen LogP contribution in [0.15, 0.2) is 103 Å². The van der Waals surface area contributed by atoms with Gasteiger partial charge in [-0.25, -0.2) is 0 Å². The summed E-state index contributed by atoms with van der Waals surface area (Å²) in [6, 6.07) is 32.1. The number of aromatic nitrogens is 1. The van der Waals surface area contributed by atoms with Crippen LogP contribution in [0.3, 0.4) is 0 Å². The fourth-order valence-electron chi connectivity index (χ4n) is 6.51. The van der Waals surface area contributed by atoms with Crippen LogP contribution in [0.1, 0.15) is 53.4 Å². The number of carbonyl (C=O) groups is 1. The van der Waals surface area contributed by atoms with Gasteiger partial charge >= 0.3 is 0 Å². The third-order valence-electron chi connectivity index (χ3n) is 9.23. The van der Waals surface area contributed by atoms with E-state index in [1.54, 1.807) is 0 Å². The van der Waals surface area contributed by atoms with E-state index in [9.17, 15) is 9.90 Å². The van der Waals surface area contributed by atoms with Crippen molar-refractivity contribution in [1.29, 1.82) is 0 Å². The number of nitrogens with zero attached hydrogens (tertiary/aromatic N) is 1. The van der Waals surface area contributed by atoms with Crippen LogP contribution < -0.4 is 25.9 Å². The number of allylic oxidation sites excluding steroid dienone is 2. The third-order valence-corrected chi connectivity index (χ3v) is 9.23. The zero-order valence-corrected chi connectivity index (χ0v) is 29.6. The average Bonchev–Trinajstić information content (AvgIpc) is 3.09. The second kappa shape index (κ2) is 15.1. The summed E-state index contributed by atoms with van der Waals surface area (Å²) in [5.74, 6) is 3.86. The van der Waals surface area contributed by atoms with Crippen LogP contribution in [0.5, 0.6) is 23.0 Å². The Hall–Kier alpha value is -4.19. The first-order valence-electron chi connectivity index (χ1n) is 16.4. The number of para-hydroxylation sites is 2. The van der Waals surface area contributed by atoms with E-state index in [2.05, 4.69) is 48.5 Å². The normalized spacial score (nSPS) is 12.6. The number of benzene rings is 4. The summed E-state index contributed by atoms with van der Waals surface area (Å²) in [5, 5.41) is 12.0. The fraction of sp³-hybridized carbons (Fsp3) is 0.250. The largest absolute Gasteiger partial charge is 0.512 e. The minimum atomic E-state index is 0. The van der Waals surface area contributed by atoms with Crippen molar-refractivity contribution in [3.05, 3.63) is 109 Å². The van der Waals surface area contributed by atoms with Crippen LogP contribution in [0.2, 0.25) is 0 Å². The molecular weight excluding hydrogens is 761 g/mol. The number of hydrogen-bond donors (Lipinski definition) is 1. The zero-order valence-electron chi connectivity index (χ0n) is 27.3. The Bertz CT molecular complexity index is 1900. The van der Waals surface area contributed by atoms with E-state index >= 15 is 0 Å². The molecule has 0 bridgehead atoms. The van der Waals surface area contributed by atoms with Crippen molar-refractivity contribution in [1.82, 2.24) is 4.98 Å². The summed E-state index contributed by atoms with van der Waals surface area (Å²) in [5.41, 5.74) is 5.04. The number of aliphatic hydroxyl groups excluding tert-OH is 1. The van der Waals surface area contributed by atoms with Gasteiger partial charge in [-0.05, 0) is 65.2 Å². The molecule has 0 atom stereocenters. The number of fused-ring (bicyclic) bond motifs is 5. The van der Waals surface area contributed by atoms with Crippen molar-refractivity contribution in [3.63, 3.8) is 0 Å². The summed E-state index contributed by atoms with van der Waals surface area (Å²) in [7, 11) is 0. The molecule has 1 radical (unpaired) electrons. The molecule has 5 nitrogen and oxygen atoms in total.